The maximum atomic E-state index is 12.0. The van der Waals surface area contributed by atoms with Crippen molar-refractivity contribution < 1.29 is 19.4 Å². The number of nitrogen functional groups attached to an aromatic ring is 1. The standard InChI is InChI=1S/C14H11N5O6/c1-7-3-4-9(18(21)22)12(11(7)19(23)24)17-6-8(5-15)10(16)13(17)14(20)25-2/h3-4,6H,16H2,1-2H3. The first-order valence-corrected chi connectivity index (χ1v) is 6.66. The maximum absolute atomic E-state index is 12.0. The van der Waals surface area contributed by atoms with E-state index in [9.17, 15) is 25.0 Å². The Bertz CT molecular complexity index is 956. The van der Waals surface area contributed by atoms with Gasteiger partial charge in [0.05, 0.1) is 28.2 Å². The highest BCUT2D eigenvalue weighted by Gasteiger charge is 2.33. The summed E-state index contributed by atoms with van der Waals surface area (Å²) in [5.74, 6) is -0.996. The third-order valence-electron chi connectivity index (χ3n) is 3.50. The Kier molecular flexibility index (Phi) is 4.38. The molecule has 1 heterocycles. The van der Waals surface area contributed by atoms with Gasteiger partial charge in [-0.3, -0.25) is 24.8 Å². The third kappa shape index (κ3) is 2.72. The van der Waals surface area contributed by atoms with Gasteiger partial charge in [-0.25, -0.2) is 4.79 Å². The Hall–Kier alpha value is -3.94. The molecule has 0 bridgehead atoms. The van der Waals surface area contributed by atoms with Crippen molar-refractivity contribution in [1.82, 2.24) is 4.57 Å². The molecule has 2 aromatic rings. The molecule has 0 unspecified atom stereocenters. The van der Waals surface area contributed by atoms with Crippen molar-refractivity contribution in [2.75, 3.05) is 12.8 Å². The van der Waals surface area contributed by atoms with E-state index in [2.05, 4.69) is 4.74 Å². The van der Waals surface area contributed by atoms with Crippen LogP contribution in [0.1, 0.15) is 21.6 Å². The molecule has 0 saturated carbocycles. The lowest BCUT2D eigenvalue weighted by atomic mass is 10.1. The number of nitro groups is 2. The molecule has 1 aromatic heterocycles. The van der Waals surface area contributed by atoms with Gasteiger partial charge >= 0.3 is 11.7 Å². The highest BCUT2D eigenvalue weighted by Crippen LogP contribution is 2.38. The molecular formula is C14H11N5O6. The summed E-state index contributed by atoms with van der Waals surface area (Å²) in [5, 5.41) is 31.9. The monoisotopic (exact) mass is 345 g/mol. The molecule has 0 atom stereocenters. The zero-order chi connectivity index (χ0) is 18.9. The number of carbonyl (C=O) groups is 1. The Morgan fingerprint density at radius 3 is 2.44 bits per heavy atom. The van der Waals surface area contributed by atoms with E-state index in [-0.39, 0.29) is 16.8 Å². The summed E-state index contributed by atoms with van der Waals surface area (Å²) in [5.41, 5.74) is 3.30. The molecule has 2 N–H and O–H groups in total. The minimum atomic E-state index is -0.996. The zero-order valence-electron chi connectivity index (χ0n) is 13.0. The highest BCUT2D eigenvalue weighted by atomic mass is 16.6. The lowest BCUT2D eigenvalue weighted by Crippen LogP contribution is -2.14. The van der Waals surface area contributed by atoms with E-state index < -0.39 is 38.6 Å². The molecule has 0 aliphatic heterocycles. The van der Waals surface area contributed by atoms with E-state index in [1.165, 1.54) is 13.0 Å². The molecule has 25 heavy (non-hydrogen) atoms. The van der Waals surface area contributed by atoms with E-state index in [0.717, 1.165) is 23.9 Å². The molecule has 11 nitrogen and oxygen atoms in total. The molecular weight excluding hydrogens is 334 g/mol. The zero-order valence-corrected chi connectivity index (χ0v) is 13.0. The second-order valence-corrected chi connectivity index (χ2v) is 4.89. The van der Waals surface area contributed by atoms with Crippen LogP contribution in [-0.4, -0.2) is 27.5 Å². The van der Waals surface area contributed by atoms with E-state index in [1.807, 2.05) is 0 Å². The predicted octanol–water partition coefficient (Wildman–Crippen LogP) is 1.84. The number of hydrogen-bond donors (Lipinski definition) is 1. The topological polar surface area (TPSA) is 167 Å². The number of ether oxygens (including phenoxy) is 1. The number of anilines is 1. The first-order chi connectivity index (χ1) is 11.7. The molecule has 11 heteroatoms. The Morgan fingerprint density at radius 1 is 1.32 bits per heavy atom. The van der Waals surface area contributed by atoms with Crippen molar-refractivity contribution in [3.05, 3.63) is 55.4 Å². The van der Waals surface area contributed by atoms with Crippen molar-refractivity contribution in [3.8, 4) is 11.8 Å². The minimum absolute atomic E-state index is 0.132. The van der Waals surface area contributed by atoms with Gasteiger partial charge < -0.3 is 10.5 Å². The van der Waals surface area contributed by atoms with E-state index in [1.54, 1.807) is 6.07 Å². The summed E-state index contributed by atoms with van der Waals surface area (Å²) in [4.78, 5) is 33.2. The van der Waals surface area contributed by atoms with Crippen molar-refractivity contribution >= 4 is 23.0 Å². The van der Waals surface area contributed by atoms with Crippen LogP contribution in [0.2, 0.25) is 0 Å². The number of nitrogens with two attached hydrogens (primary N) is 1. The number of hydrogen-bond acceptors (Lipinski definition) is 8. The molecule has 0 amide bonds. The Labute approximate surface area is 140 Å². The molecule has 1 aromatic carbocycles. The van der Waals surface area contributed by atoms with Crippen LogP contribution in [0.4, 0.5) is 17.1 Å². The lowest BCUT2D eigenvalue weighted by molar-refractivity contribution is -0.394. The van der Waals surface area contributed by atoms with Crippen molar-refractivity contribution in [3.63, 3.8) is 0 Å². The molecule has 0 aliphatic rings. The molecule has 0 saturated heterocycles. The summed E-state index contributed by atoms with van der Waals surface area (Å²) in [7, 11) is 1.05. The summed E-state index contributed by atoms with van der Waals surface area (Å²) in [6, 6.07) is 4.01. The average molecular weight is 345 g/mol. The summed E-state index contributed by atoms with van der Waals surface area (Å²) in [6.07, 6.45) is 1.02. The van der Waals surface area contributed by atoms with Crippen LogP contribution in [-0.2, 0) is 4.74 Å². The van der Waals surface area contributed by atoms with Gasteiger partial charge in [-0.15, -0.1) is 0 Å². The fourth-order valence-electron chi connectivity index (χ4n) is 2.38. The quantitative estimate of drug-likeness (QED) is 0.497. The van der Waals surface area contributed by atoms with Crippen LogP contribution in [0, 0.1) is 38.5 Å². The van der Waals surface area contributed by atoms with E-state index in [0.29, 0.717) is 0 Å². The van der Waals surface area contributed by atoms with Crippen LogP contribution in [0.25, 0.3) is 5.69 Å². The molecule has 0 radical (unpaired) electrons. The number of carbonyl (C=O) groups excluding carboxylic acids is 1. The van der Waals surface area contributed by atoms with Crippen LogP contribution < -0.4 is 5.73 Å². The summed E-state index contributed by atoms with van der Waals surface area (Å²) >= 11 is 0. The van der Waals surface area contributed by atoms with Crippen molar-refractivity contribution in [1.29, 1.82) is 5.26 Å². The van der Waals surface area contributed by atoms with Gasteiger partial charge in [0, 0.05) is 17.8 Å². The maximum Gasteiger partial charge on any atom is 0.357 e. The van der Waals surface area contributed by atoms with Gasteiger partial charge in [0.15, 0.2) is 5.69 Å². The number of aryl methyl sites for hydroxylation is 1. The smallest absolute Gasteiger partial charge is 0.357 e. The molecule has 0 fully saturated rings. The van der Waals surface area contributed by atoms with Gasteiger partial charge in [-0.2, -0.15) is 5.26 Å². The number of rotatable bonds is 4. The second-order valence-electron chi connectivity index (χ2n) is 4.89. The van der Waals surface area contributed by atoms with Crippen LogP contribution in [0.15, 0.2) is 18.3 Å². The van der Waals surface area contributed by atoms with Gasteiger partial charge in [-0.1, -0.05) is 0 Å². The number of methoxy groups -OCH3 is 1. The fourth-order valence-corrected chi connectivity index (χ4v) is 2.38. The van der Waals surface area contributed by atoms with E-state index in [4.69, 9.17) is 11.0 Å². The van der Waals surface area contributed by atoms with Crippen LogP contribution in [0.5, 0.6) is 0 Å². The van der Waals surface area contributed by atoms with Crippen LogP contribution in [0.3, 0.4) is 0 Å². The van der Waals surface area contributed by atoms with Gasteiger partial charge in [-0.05, 0) is 13.0 Å². The number of esters is 1. The third-order valence-corrected chi connectivity index (χ3v) is 3.50. The summed E-state index contributed by atoms with van der Waals surface area (Å²) < 4.78 is 5.43. The molecule has 0 aliphatic carbocycles. The van der Waals surface area contributed by atoms with Crippen molar-refractivity contribution in [2.24, 2.45) is 0 Å². The van der Waals surface area contributed by atoms with Crippen LogP contribution >= 0.6 is 0 Å². The second kappa shape index (κ2) is 6.28. The number of benzene rings is 1. The number of nitrogens with zero attached hydrogens (tertiary/aromatic N) is 4. The Balaban J connectivity index is 3.04. The molecule has 2 rings (SSSR count). The lowest BCUT2D eigenvalue weighted by Gasteiger charge is -2.10. The number of nitriles is 1. The molecule has 0 spiro atoms. The predicted molar refractivity (Wildman–Crippen MR) is 84.3 cm³/mol. The highest BCUT2D eigenvalue weighted by molar-refractivity contribution is 5.96. The van der Waals surface area contributed by atoms with E-state index >= 15 is 0 Å². The normalized spacial score (nSPS) is 10.1. The Morgan fingerprint density at radius 2 is 1.96 bits per heavy atom. The van der Waals surface area contributed by atoms with Gasteiger partial charge in [0.25, 0.3) is 5.69 Å². The van der Waals surface area contributed by atoms with Gasteiger partial charge in [0.2, 0.25) is 5.69 Å². The first-order valence-electron chi connectivity index (χ1n) is 6.66. The SMILES string of the molecule is COC(=O)c1c(N)c(C#N)cn1-c1c([N+](=O)[O-])ccc(C)c1[N+](=O)[O-]. The minimum Gasteiger partial charge on any atom is -0.464 e. The molecule has 128 valence electrons. The number of nitro benzene ring substituents is 2. The van der Waals surface area contributed by atoms with Gasteiger partial charge in [0.1, 0.15) is 6.07 Å². The number of aromatic nitrogens is 1. The van der Waals surface area contributed by atoms with Crippen molar-refractivity contribution in [2.45, 2.75) is 6.92 Å². The average Bonchev–Trinajstić information content (AvgIpc) is 2.89. The summed E-state index contributed by atoms with van der Waals surface area (Å²) in [6.45, 7) is 1.39. The largest absolute Gasteiger partial charge is 0.464 e. The fraction of sp³-hybridized carbons (Fsp3) is 0.143. The first kappa shape index (κ1) is 17.4.